The van der Waals surface area contributed by atoms with E-state index in [9.17, 15) is 89.1 Å². The second-order valence-electron chi connectivity index (χ2n) is 22.3. The summed E-state index contributed by atoms with van der Waals surface area (Å²) in [5.74, 6) is -6.20. The summed E-state index contributed by atoms with van der Waals surface area (Å²) in [4.78, 5) is 123. The molecule has 0 spiro atoms. The first-order valence-corrected chi connectivity index (χ1v) is 29.5. The summed E-state index contributed by atoms with van der Waals surface area (Å²) < 4.78 is 32.9. The molecule has 0 aromatic heterocycles. The summed E-state index contributed by atoms with van der Waals surface area (Å²) in [6.07, 6.45) is -16.9. The zero-order chi connectivity index (χ0) is 63.2. The van der Waals surface area contributed by atoms with Gasteiger partial charge in [-0.2, -0.15) is 0 Å². The van der Waals surface area contributed by atoms with Gasteiger partial charge in [0.05, 0.1) is 63.7 Å². The minimum Gasteiger partial charge on any atom is -0.388 e. The first-order chi connectivity index (χ1) is 40.9. The number of carbonyl (C=O) groups excluding carboxylic acids is 9. The molecule has 17 atom stereocenters. The minimum atomic E-state index is -1.56. The van der Waals surface area contributed by atoms with Crippen LogP contribution < -0.4 is 21.3 Å². The normalized spacial score (nSPS) is 31.3. The van der Waals surface area contributed by atoms with Crippen molar-refractivity contribution >= 4 is 53.1 Å². The lowest BCUT2D eigenvalue weighted by atomic mass is 9.84. The summed E-state index contributed by atoms with van der Waals surface area (Å²) in [6.45, 7) is 3.09. The quantitative estimate of drug-likeness (QED) is 0.0211. The monoisotopic (exact) mass is 1240 g/mol. The van der Waals surface area contributed by atoms with E-state index >= 15 is 0 Å². The molecule has 0 aliphatic carbocycles. The van der Waals surface area contributed by atoms with Gasteiger partial charge < -0.3 is 105 Å². The number of nitrogens with one attached hydrogen (secondary N) is 4. The summed E-state index contributed by atoms with van der Waals surface area (Å²) in [5.41, 5.74) is 0. The number of piperidine rings is 1. The van der Waals surface area contributed by atoms with Gasteiger partial charge in [-0.3, -0.25) is 43.3 Å². The second kappa shape index (κ2) is 35.9. The smallest absolute Gasteiger partial charge is 0.333 e. The lowest BCUT2D eigenvalue weighted by Gasteiger charge is -2.39. The third kappa shape index (κ3) is 22.2. The number of hydroxylamine groups is 2. The van der Waals surface area contributed by atoms with Crippen molar-refractivity contribution in [3.8, 4) is 0 Å². The van der Waals surface area contributed by atoms with Crippen LogP contribution in [0.1, 0.15) is 104 Å². The topological polar surface area (TPSA) is 458 Å². The Balaban J connectivity index is 1.07. The van der Waals surface area contributed by atoms with E-state index in [0.29, 0.717) is 43.6 Å². The number of rotatable bonds is 34. The molecule has 0 saturated carbocycles. The van der Waals surface area contributed by atoms with Gasteiger partial charge in [-0.25, -0.2) is 4.79 Å². The SMILES string of the molecule is C[C@@H]1O[C@@H](OCCCC(=O)C2CC(C(=O)NCCO[C@@H]3O[C@@H](C)[C@@H](O)[C@@H](O)[C@@H]3O)CN(C(=O)CCCCCNC(=O)CN(CC(=O)NCCCCCC(=O)ON3C(=O)CCC3=O)CC(=O)NCCO[C@@H]3O[C@@H](C)[C@@H](O)[C@@H](O)[C@@H]3O)C2)[C@@H](O)[C@H](O)[C@@H]1O. The van der Waals surface area contributed by atoms with E-state index in [0.717, 1.165) is 0 Å². The number of carbonyl (C=O) groups is 9. The maximum Gasteiger partial charge on any atom is 0.333 e. The molecule has 32 nitrogen and oxygen atoms in total. The Hall–Kier alpha value is -5.01. The lowest BCUT2D eigenvalue weighted by Crippen LogP contribution is -2.57. The third-order valence-corrected chi connectivity index (χ3v) is 15.4. The van der Waals surface area contributed by atoms with Crippen LogP contribution in [0.25, 0.3) is 0 Å². The predicted molar refractivity (Wildman–Crippen MR) is 290 cm³/mol. The van der Waals surface area contributed by atoms with Crippen LogP contribution >= 0.6 is 0 Å². The number of amides is 7. The highest BCUT2D eigenvalue weighted by molar-refractivity contribution is 6.01. The van der Waals surface area contributed by atoms with Gasteiger partial charge in [0.25, 0.3) is 11.8 Å². The average molecular weight is 1240 g/mol. The number of Topliss-reactive ketones (excluding diaryl/α,β-unsaturated/α-hetero) is 1. The van der Waals surface area contributed by atoms with Gasteiger partial charge in [0.2, 0.25) is 29.5 Å². The Kier molecular flexibility index (Phi) is 29.9. The zero-order valence-electron chi connectivity index (χ0n) is 48.9. The number of imide groups is 1. The molecule has 2 unspecified atom stereocenters. The maximum absolute atomic E-state index is 13.7. The fraction of sp³-hybridized carbons (Fsp3) is 0.833. The Morgan fingerprint density at radius 1 is 0.488 bits per heavy atom. The van der Waals surface area contributed by atoms with Gasteiger partial charge in [-0.1, -0.05) is 12.8 Å². The van der Waals surface area contributed by atoms with Crippen LogP contribution in [-0.2, 0) is 76.4 Å². The van der Waals surface area contributed by atoms with E-state index < -0.39 is 152 Å². The van der Waals surface area contributed by atoms with Gasteiger partial charge in [0.15, 0.2) is 18.9 Å². The molecule has 0 bridgehead atoms. The van der Waals surface area contributed by atoms with E-state index in [4.69, 9.17) is 33.3 Å². The van der Waals surface area contributed by atoms with Crippen molar-refractivity contribution in [2.24, 2.45) is 11.8 Å². The molecule has 5 heterocycles. The third-order valence-electron chi connectivity index (χ3n) is 15.4. The number of ether oxygens (including phenoxy) is 6. The molecule has 490 valence electrons. The number of aliphatic hydroxyl groups excluding tert-OH is 9. The van der Waals surface area contributed by atoms with Crippen molar-refractivity contribution in [1.82, 2.24) is 36.1 Å². The molecule has 86 heavy (non-hydrogen) atoms. The Bertz CT molecular complexity index is 2160. The van der Waals surface area contributed by atoms with E-state index in [-0.39, 0.29) is 129 Å². The predicted octanol–water partition coefficient (Wildman–Crippen LogP) is -6.17. The van der Waals surface area contributed by atoms with Crippen molar-refractivity contribution < 1.29 is 122 Å². The van der Waals surface area contributed by atoms with Crippen molar-refractivity contribution in [1.29, 1.82) is 0 Å². The van der Waals surface area contributed by atoms with Gasteiger partial charge in [0, 0.05) is 77.3 Å². The van der Waals surface area contributed by atoms with Crippen LogP contribution in [0.3, 0.4) is 0 Å². The first-order valence-electron chi connectivity index (χ1n) is 29.5. The van der Waals surface area contributed by atoms with E-state index in [1.165, 1.54) is 30.6 Å². The van der Waals surface area contributed by atoms with Crippen LogP contribution in [-0.4, -0.2) is 285 Å². The standard InChI is InChI=1S/C54H89N7O25/c1-29-42(70)45(73)48(76)52(83-29)80-20-10-11-34(62)32-23-33(51(79)58-19-22-82-54-50(78)47(75)44(72)31(3)85-54)25-60(24-32)38(66)12-6-4-8-16-55-35(63)26-59(28-37(65)57-18-21-81-53-49(77)46(74)43(71)30(2)84-53)27-36(64)56-17-9-5-7-13-41(69)86-61-39(67)14-15-40(61)68/h29-33,42-50,52-54,70-78H,4-28H2,1-3H3,(H,55,63)(H,56,64)(H,57,65)(H,58,79)/t29-,30-,31-,32?,33?,42+,43+,44+,45+,46+,47+,48-,49-,50-,52+,53+,54+/m0/s1. The summed E-state index contributed by atoms with van der Waals surface area (Å²) >= 11 is 0. The van der Waals surface area contributed by atoms with Crippen LogP contribution in [0.2, 0.25) is 0 Å². The summed E-state index contributed by atoms with van der Waals surface area (Å²) in [6, 6.07) is 0. The number of ketones is 1. The number of likely N-dealkylation sites (tertiary alicyclic amines) is 1. The van der Waals surface area contributed by atoms with Crippen LogP contribution in [0.4, 0.5) is 0 Å². The molecule has 5 fully saturated rings. The fourth-order valence-corrected chi connectivity index (χ4v) is 10.2. The van der Waals surface area contributed by atoms with E-state index in [2.05, 4.69) is 21.3 Å². The lowest BCUT2D eigenvalue weighted by molar-refractivity contribution is -0.293. The Morgan fingerprint density at radius 3 is 1.38 bits per heavy atom. The number of aliphatic hydroxyl groups is 9. The van der Waals surface area contributed by atoms with Crippen LogP contribution in [0.15, 0.2) is 0 Å². The van der Waals surface area contributed by atoms with Gasteiger partial charge >= 0.3 is 5.97 Å². The molecule has 5 saturated heterocycles. The number of nitrogens with zero attached hydrogens (tertiary/aromatic N) is 3. The summed E-state index contributed by atoms with van der Waals surface area (Å²) in [7, 11) is 0. The molecule has 32 heteroatoms. The van der Waals surface area contributed by atoms with Gasteiger partial charge in [-0.05, 0) is 59.3 Å². The van der Waals surface area contributed by atoms with Gasteiger partial charge in [-0.15, -0.1) is 5.06 Å². The van der Waals surface area contributed by atoms with Gasteiger partial charge in [0.1, 0.15) is 60.7 Å². The average Bonchev–Trinajstić information content (AvgIpc) is 2.59. The highest BCUT2D eigenvalue weighted by Gasteiger charge is 2.45. The molecule has 5 rings (SSSR count). The highest BCUT2D eigenvalue weighted by Crippen LogP contribution is 2.28. The highest BCUT2D eigenvalue weighted by atomic mass is 16.7. The molecular formula is C54H89N7O25. The zero-order valence-corrected chi connectivity index (χ0v) is 48.9. The number of hydrogen-bond donors (Lipinski definition) is 13. The molecule has 13 N–H and O–H groups in total. The largest absolute Gasteiger partial charge is 0.388 e. The number of hydrogen-bond acceptors (Lipinski definition) is 26. The molecule has 5 aliphatic rings. The van der Waals surface area contributed by atoms with E-state index in [1.807, 2.05) is 0 Å². The molecule has 0 aromatic rings. The van der Waals surface area contributed by atoms with Crippen LogP contribution in [0, 0.1) is 11.8 Å². The number of unbranched alkanes of at least 4 members (excludes halogenated alkanes) is 4. The van der Waals surface area contributed by atoms with Crippen molar-refractivity contribution in [3.05, 3.63) is 0 Å². The molecule has 0 radical (unpaired) electrons. The van der Waals surface area contributed by atoms with Crippen molar-refractivity contribution in [2.75, 3.05) is 78.7 Å². The molecular weight excluding hydrogens is 1150 g/mol. The second-order valence-corrected chi connectivity index (χ2v) is 22.3. The Labute approximate surface area is 497 Å². The maximum atomic E-state index is 13.7. The van der Waals surface area contributed by atoms with Crippen molar-refractivity contribution in [3.63, 3.8) is 0 Å². The summed E-state index contributed by atoms with van der Waals surface area (Å²) in [5, 5.41) is 102. The molecule has 7 amide bonds. The van der Waals surface area contributed by atoms with Crippen molar-refractivity contribution in [2.45, 2.75) is 196 Å². The molecule has 0 aromatic carbocycles. The minimum absolute atomic E-state index is 0.00743. The van der Waals surface area contributed by atoms with Crippen LogP contribution in [0.5, 0.6) is 0 Å². The molecule has 5 aliphatic heterocycles. The first kappa shape index (κ1) is 71.7. The fourth-order valence-electron chi connectivity index (χ4n) is 10.2. The van der Waals surface area contributed by atoms with E-state index in [1.54, 1.807) is 0 Å². The Morgan fingerprint density at radius 2 is 0.907 bits per heavy atom.